The highest BCUT2D eigenvalue weighted by Crippen LogP contribution is 2.24. The normalized spacial score (nSPS) is 10.4. The summed E-state index contributed by atoms with van der Waals surface area (Å²) >= 11 is 1.84. The van der Waals surface area contributed by atoms with Crippen molar-refractivity contribution in [3.63, 3.8) is 0 Å². The quantitative estimate of drug-likeness (QED) is 0.570. The maximum Gasteiger partial charge on any atom is 0.327 e. The van der Waals surface area contributed by atoms with Crippen LogP contribution in [-0.2, 0) is 5.75 Å². The molecule has 0 amide bonds. The van der Waals surface area contributed by atoms with Crippen LogP contribution in [0.5, 0.6) is 0 Å². The Balaban J connectivity index is 2.05. The highest BCUT2D eigenvalue weighted by Gasteiger charge is 2.08. The van der Waals surface area contributed by atoms with E-state index in [-0.39, 0.29) is 0 Å². The van der Waals surface area contributed by atoms with E-state index in [2.05, 4.69) is 36.4 Å². The average molecular weight is 231 g/mol. The Morgan fingerprint density at radius 2 is 1.62 bits per heavy atom. The molecule has 0 unspecified atom stereocenters. The van der Waals surface area contributed by atoms with Crippen LogP contribution in [0.3, 0.4) is 0 Å². The van der Waals surface area contributed by atoms with Crippen molar-refractivity contribution < 1.29 is 4.42 Å². The number of rotatable bonds is 3. The first-order valence-electron chi connectivity index (χ1n) is 5.32. The molecule has 0 fully saturated rings. The molecule has 82 valence electrons. The Morgan fingerprint density at radius 1 is 1.00 bits per heavy atom. The summed E-state index contributed by atoms with van der Waals surface area (Å²) in [7, 11) is 0. The third kappa shape index (κ3) is 3.11. The highest BCUT2D eigenvalue weighted by atomic mass is 32.2. The Labute approximate surface area is 101 Å². The summed E-state index contributed by atoms with van der Waals surface area (Å²) in [5.74, 6) is 2.94. The molecular weight excluding hydrogens is 216 g/mol. The monoisotopic (exact) mass is 231 g/mol. The Bertz CT molecular complexity index is 445. The molecule has 2 aromatic rings. The standard InChI is InChI=1S/C14H15OS/c1-11-8-14(9-12(2)15-11)16-10-13-6-4-3-5-7-13/h3-9H,10H2,1-2H3/q+1. The number of hydrogen-bond donors (Lipinski definition) is 0. The molecule has 1 nitrogen and oxygen atoms in total. The van der Waals surface area contributed by atoms with Gasteiger partial charge >= 0.3 is 11.5 Å². The molecule has 0 aliphatic carbocycles. The summed E-state index contributed by atoms with van der Waals surface area (Å²) in [5, 5.41) is 0. The van der Waals surface area contributed by atoms with Crippen molar-refractivity contribution in [2.45, 2.75) is 24.5 Å². The topological polar surface area (TPSA) is 11.3 Å². The molecule has 16 heavy (non-hydrogen) atoms. The lowest BCUT2D eigenvalue weighted by molar-refractivity contribution is 0.481. The van der Waals surface area contributed by atoms with Crippen LogP contribution in [0, 0.1) is 13.8 Å². The fraction of sp³-hybridized carbons (Fsp3) is 0.214. The number of aryl methyl sites for hydroxylation is 2. The van der Waals surface area contributed by atoms with E-state index in [1.54, 1.807) is 0 Å². The molecule has 0 saturated carbocycles. The molecule has 0 spiro atoms. The summed E-state index contributed by atoms with van der Waals surface area (Å²) < 4.78 is 5.46. The van der Waals surface area contributed by atoms with E-state index < -0.39 is 0 Å². The minimum atomic E-state index is 0.968. The van der Waals surface area contributed by atoms with Gasteiger partial charge in [-0.25, -0.2) is 4.42 Å². The lowest BCUT2D eigenvalue weighted by Gasteiger charge is -2.00. The van der Waals surface area contributed by atoms with Gasteiger partial charge in [0.25, 0.3) is 0 Å². The van der Waals surface area contributed by atoms with Crippen molar-refractivity contribution in [3.8, 4) is 0 Å². The highest BCUT2D eigenvalue weighted by molar-refractivity contribution is 7.98. The minimum Gasteiger partial charge on any atom is -0.218 e. The van der Waals surface area contributed by atoms with E-state index >= 15 is 0 Å². The van der Waals surface area contributed by atoms with Gasteiger partial charge in [-0.2, -0.15) is 0 Å². The lowest BCUT2D eigenvalue weighted by atomic mass is 10.2. The zero-order chi connectivity index (χ0) is 11.4. The van der Waals surface area contributed by atoms with Crippen LogP contribution in [0.1, 0.15) is 17.1 Å². The molecular formula is C14H15OS+. The van der Waals surface area contributed by atoms with Crippen LogP contribution in [0.25, 0.3) is 0 Å². The van der Waals surface area contributed by atoms with Gasteiger partial charge in [0.1, 0.15) is 0 Å². The minimum absolute atomic E-state index is 0.968. The maximum atomic E-state index is 5.46. The van der Waals surface area contributed by atoms with E-state index in [0.717, 1.165) is 17.3 Å². The van der Waals surface area contributed by atoms with Crippen molar-refractivity contribution in [2.24, 2.45) is 0 Å². The molecule has 0 radical (unpaired) electrons. The van der Waals surface area contributed by atoms with Gasteiger partial charge in [0, 0.05) is 10.6 Å². The molecule has 0 atom stereocenters. The average Bonchev–Trinajstić information content (AvgIpc) is 2.27. The second-order valence-electron chi connectivity index (χ2n) is 3.79. The zero-order valence-corrected chi connectivity index (χ0v) is 10.4. The molecule has 1 aromatic carbocycles. The zero-order valence-electron chi connectivity index (χ0n) is 9.57. The first-order chi connectivity index (χ1) is 7.74. The number of thioether (sulfide) groups is 1. The fourth-order valence-corrected chi connectivity index (χ4v) is 2.60. The molecule has 2 rings (SSSR count). The van der Waals surface area contributed by atoms with Gasteiger partial charge < -0.3 is 0 Å². The molecule has 0 saturated heterocycles. The number of hydrogen-bond acceptors (Lipinski definition) is 1. The molecule has 1 heterocycles. The van der Waals surface area contributed by atoms with Crippen molar-refractivity contribution >= 4 is 11.8 Å². The summed E-state index contributed by atoms with van der Waals surface area (Å²) in [4.78, 5) is 1.27. The van der Waals surface area contributed by atoms with Gasteiger partial charge in [0.2, 0.25) is 0 Å². The summed E-state index contributed by atoms with van der Waals surface area (Å²) in [6, 6.07) is 14.7. The van der Waals surface area contributed by atoms with Crippen LogP contribution in [0.15, 0.2) is 51.8 Å². The van der Waals surface area contributed by atoms with Crippen molar-refractivity contribution in [2.75, 3.05) is 0 Å². The molecule has 0 aliphatic rings. The Hall–Kier alpha value is -1.28. The third-order valence-corrected chi connectivity index (χ3v) is 3.31. The smallest absolute Gasteiger partial charge is 0.218 e. The van der Waals surface area contributed by atoms with E-state index in [1.165, 1.54) is 10.5 Å². The molecule has 0 bridgehead atoms. The summed E-state index contributed by atoms with van der Waals surface area (Å²) in [6.07, 6.45) is 0. The van der Waals surface area contributed by atoms with Gasteiger partial charge in [-0.15, -0.1) is 11.8 Å². The molecule has 2 heteroatoms. The third-order valence-electron chi connectivity index (χ3n) is 2.26. The van der Waals surface area contributed by atoms with Crippen LogP contribution >= 0.6 is 11.8 Å². The van der Waals surface area contributed by atoms with E-state index in [9.17, 15) is 0 Å². The predicted octanol–water partition coefficient (Wildman–Crippen LogP) is 4.47. The fourth-order valence-electron chi connectivity index (χ4n) is 1.58. The van der Waals surface area contributed by atoms with Crippen molar-refractivity contribution in [1.29, 1.82) is 0 Å². The second-order valence-corrected chi connectivity index (χ2v) is 4.84. The Morgan fingerprint density at radius 3 is 2.25 bits per heavy atom. The van der Waals surface area contributed by atoms with Crippen molar-refractivity contribution in [1.82, 2.24) is 0 Å². The molecule has 0 aliphatic heterocycles. The predicted molar refractivity (Wildman–Crippen MR) is 68.6 cm³/mol. The van der Waals surface area contributed by atoms with Gasteiger partial charge in [-0.3, -0.25) is 0 Å². The van der Waals surface area contributed by atoms with Crippen LogP contribution in [0.4, 0.5) is 0 Å². The van der Waals surface area contributed by atoms with E-state index in [0.29, 0.717) is 0 Å². The SMILES string of the molecule is Cc1cc(SCc2ccccc2)cc(C)[o+]1. The second kappa shape index (κ2) is 5.17. The summed E-state index contributed by atoms with van der Waals surface area (Å²) in [5.41, 5.74) is 1.35. The summed E-state index contributed by atoms with van der Waals surface area (Å²) in [6.45, 7) is 3.97. The van der Waals surface area contributed by atoms with Gasteiger partial charge in [-0.1, -0.05) is 30.3 Å². The van der Waals surface area contributed by atoms with Gasteiger partial charge in [0.05, 0.1) is 26.0 Å². The van der Waals surface area contributed by atoms with Gasteiger partial charge in [-0.05, 0) is 5.56 Å². The van der Waals surface area contributed by atoms with E-state index in [4.69, 9.17) is 4.42 Å². The molecule has 0 N–H and O–H groups in total. The van der Waals surface area contributed by atoms with Crippen molar-refractivity contribution in [3.05, 3.63) is 59.5 Å². The largest absolute Gasteiger partial charge is 0.327 e. The van der Waals surface area contributed by atoms with E-state index in [1.807, 2.05) is 31.7 Å². The first-order valence-corrected chi connectivity index (χ1v) is 6.31. The van der Waals surface area contributed by atoms with Gasteiger partial charge in [0.15, 0.2) is 0 Å². The van der Waals surface area contributed by atoms with Crippen LogP contribution in [0.2, 0.25) is 0 Å². The first kappa shape index (κ1) is 11.2. The number of benzene rings is 1. The Kier molecular flexibility index (Phi) is 3.62. The van der Waals surface area contributed by atoms with Crippen LogP contribution < -0.4 is 0 Å². The molecule has 1 aromatic heterocycles. The van der Waals surface area contributed by atoms with Crippen LogP contribution in [-0.4, -0.2) is 0 Å². The maximum absolute atomic E-state index is 5.46. The lowest BCUT2D eigenvalue weighted by Crippen LogP contribution is -1.82.